The maximum Gasteiger partial charge on any atom is 0.276 e. The van der Waals surface area contributed by atoms with Gasteiger partial charge < -0.3 is 20.1 Å². The maximum atomic E-state index is 12.2. The second-order valence-electron chi connectivity index (χ2n) is 4.47. The number of nitrogens with zero attached hydrogens (tertiary/aromatic N) is 3. The van der Waals surface area contributed by atoms with Crippen molar-refractivity contribution in [1.82, 2.24) is 15.0 Å². The molecule has 0 aromatic carbocycles. The third-order valence-electron chi connectivity index (χ3n) is 3.07. The third kappa shape index (κ3) is 2.48. The number of aryl methyl sites for hydroxylation is 1. The summed E-state index contributed by atoms with van der Waals surface area (Å²) in [5.41, 5.74) is 6.08. The van der Waals surface area contributed by atoms with Crippen molar-refractivity contribution in [2.24, 2.45) is 5.73 Å². The third-order valence-corrected chi connectivity index (χ3v) is 3.07. The minimum atomic E-state index is -0.0922. The number of piperazine rings is 1. The van der Waals surface area contributed by atoms with E-state index in [1.165, 1.54) is 0 Å². The van der Waals surface area contributed by atoms with Crippen molar-refractivity contribution in [3.63, 3.8) is 0 Å². The molecule has 1 unspecified atom stereocenters. The molecule has 94 valence electrons. The molecule has 1 saturated heterocycles. The molecule has 2 N–H and O–H groups in total. The minimum absolute atomic E-state index is 0.0539. The van der Waals surface area contributed by atoms with Gasteiger partial charge in [0.25, 0.3) is 5.91 Å². The fourth-order valence-corrected chi connectivity index (χ4v) is 2.09. The number of carbonyl (C=O) groups excluding carboxylic acids is 1. The van der Waals surface area contributed by atoms with Crippen LogP contribution in [0.25, 0.3) is 0 Å². The summed E-state index contributed by atoms with van der Waals surface area (Å²) in [6.07, 6.45) is 0. The summed E-state index contributed by atoms with van der Waals surface area (Å²) >= 11 is 0. The van der Waals surface area contributed by atoms with Crippen molar-refractivity contribution in [1.29, 1.82) is 0 Å². The van der Waals surface area contributed by atoms with Crippen molar-refractivity contribution in [3.8, 4) is 0 Å². The highest BCUT2D eigenvalue weighted by Crippen LogP contribution is 2.13. The van der Waals surface area contributed by atoms with E-state index < -0.39 is 0 Å². The number of hydrogen-bond acceptors (Lipinski definition) is 5. The Morgan fingerprint density at radius 2 is 2.41 bits per heavy atom. The molecule has 0 saturated carbocycles. The lowest BCUT2D eigenvalue weighted by Gasteiger charge is -2.39. The average molecular weight is 238 g/mol. The van der Waals surface area contributed by atoms with Crippen LogP contribution in [0.1, 0.15) is 16.2 Å². The van der Waals surface area contributed by atoms with Crippen molar-refractivity contribution in [3.05, 3.63) is 17.5 Å². The van der Waals surface area contributed by atoms with E-state index in [4.69, 9.17) is 10.3 Å². The zero-order valence-corrected chi connectivity index (χ0v) is 10.2. The van der Waals surface area contributed by atoms with E-state index in [0.717, 1.165) is 13.1 Å². The van der Waals surface area contributed by atoms with E-state index in [9.17, 15) is 4.79 Å². The van der Waals surface area contributed by atoms with Crippen LogP contribution in [0.3, 0.4) is 0 Å². The summed E-state index contributed by atoms with van der Waals surface area (Å²) in [5, 5.41) is 3.76. The first-order valence-corrected chi connectivity index (χ1v) is 5.74. The molecule has 1 atom stereocenters. The van der Waals surface area contributed by atoms with Crippen LogP contribution in [0.2, 0.25) is 0 Å². The van der Waals surface area contributed by atoms with E-state index in [2.05, 4.69) is 10.1 Å². The molecule has 0 bridgehead atoms. The van der Waals surface area contributed by atoms with Gasteiger partial charge in [0.2, 0.25) is 0 Å². The molecule has 0 spiro atoms. The molecule has 1 amide bonds. The number of rotatable bonds is 2. The van der Waals surface area contributed by atoms with E-state index in [1.54, 1.807) is 17.9 Å². The number of amides is 1. The summed E-state index contributed by atoms with van der Waals surface area (Å²) in [6, 6.07) is 1.71. The standard InChI is InChI=1S/C11H18N4O2/c1-8-5-10(13-17-8)11(16)15-4-3-14(2)7-9(15)6-12/h5,9H,3-4,6-7,12H2,1-2H3. The van der Waals surface area contributed by atoms with E-state index >= 15 is 0 Å². The number of aromatic nitrogens is 1. The van der Waals surface area contributed by atoms with Crippen molar-refractivity contribution >= 4 is 5.91 Å². The molecule has 1 aromatic heterocycles. The highest BCUT2D eigenvalue weighted by Gasteiger charge is 2.30. The van der Waals surface area contributed by atoms with Crippen LogP contribution in [0.15, 0.2) is 10.6 Å². The first-order valence-electron chi connectivity index (χ1n) is 5.74. The van der Waals surface area contributed by atoms with Crippen LogP contribution in [0.4, 0.5) is 0 Å². The number of nitrogens with two attached hydrogens (primary N) is 1. The molecule has 17 heavy (non-hydrogen) atoms. The highest BCUT2D eigenvalue weighted by molar-refractivity contribution is 5.92. The SMILES string of the molecule is Cc1cc(C(=O)N2CCN(C)CC2CN)no1. The number of hydrogen-bond donors (Lipinski definition) is 1. The smallest absolute Gasteiger partial charge is 0.276 e. The zero-order valence-electron chi connectivity index (χ0n) is 10.2. The van der Waals surface area contributed by atoms with Crippen LogP contribution in [0.5, 0.6) is 0 Å². The van der Waals surface area contributed by atoms with E-state index in [0.29, 0.717) is 24.5 Å². The molecule has 1 aromatic rings. The molecule has 2 heterocycles. The molecule has 6 nitrogen and oxygen atoms in total. The highest BCUT2D eigenvalue weighted by atomic mass is 16.5. The van der Waals surface area contributed by atoms with Gasteiger partial charge in [-0.15, -0.1) is 0 Å². The molecule has 0 radical (unpaired) electrons. The Balaban J connectivity index is 2.13. The minimum Gasteiger partial charge on any atom is -0.361 e. The Labute approximate surface area is 100 Å². The van der Waals surface area contributed by atoms with E-state index in [1.807, 2.05) is 7.05 Å². The normalized spacial score (nSPS) is 21.8. The lowest BCUT2D eigenvalue weighted by molar-refractivity contribution is 0.0506. The van der Waals surface area contributed by atoms with Gasteiger partial charge in [0.05, 0.1) is 6.04 Å². The second kappa shape index (κ2) is 4.85. The Hall–Kier alpha value is -1.40. The molecule has 1 aliphatic rings. The summed E-state index contributed by atoms with van der Waals surface area (Å²) in [6.45, 7) is 4.59. The quantitative estimate of drug-likeness (QED) is 0.765. The fraction of sp³-hybridized carbons (Fsp3) is 0.636. The average Bonchev–Trinajstić information content (AvgIpc) is 2.75. The van der Waals surface area contributed by atoms with Gasteiger partial charge >= 0.3 is 0 Å². The summed E-state index contributed by atoms with van der Waals surface area (Å²) in [7, 11) is 2.03. The van der Waals surface area contributed by atoms with Gasteiger partial charge in [0, 0.05) is 32.2 Å². The zero-order chi connectivity index (χ0) is 12.4. The summed E-state index contributed by atoms with van der Waals surface area (Å²) in [4.78, 5) is 16.2. The number of carbonyl (C=O) groups is 1. The number of likely N-dealkylation sites (N-methyl/N-ethyl adjacent to an activating group) is 1. The van der Waals surface area contributed by atoms with Gasteiger partial charge in [-0.1, -0.05) is 5.16 Å². The molecule has 2 rings (SSSR count). The summed E-state index contributed by atoms with van der Waals surface area (Å²) < 4.78 is 4.93. The van der Waals surface area contributed by atoms with Crippen molar-refractivity contribution in [2.45, 2.75) is 13.0 Å². The predicted molar refractivity (Wildman–Crippen MR) is 62.6 cm³/mol. The lowest BCUT2D eigenvalue weighted by Crippen LogP contribution is -2.56. The van der Waals surface area contributed by atoms with E-state index in [-0.39, 0.29) is 11.9 Å². The largest absolute Gasteiger partial charge is 0.361 e. The van der Waals surface area contributed by atoms with Crippen LogP contribution >= 0.6 is 0 Å². The molecular formula is C11H18N4O2. The lowest BCUT2D eigenvalue weighted by atomic mass is 10.1. The Kier molecular flexibility index (Phi) is 3.44. The van der Waals surface area contributed by atoms with Gasteiger partial charge in [0.1, 0.15) is 5.76 Å². The summed E-state index contributed by atoms with van der Waals surface area (Å²) in [5.74, 6) is 0.553. The van der Waals surface area contributed by atoms with Crippen LogP contribution in [-0.2, 0) is 0 Å². The fourth-order valence-electron chi connectivity index (χ4n) is 2.09. The topological polar surface area (TPSA) is 75.6 Å². The molecule has 6 heteroatoms. The molecule has 0 aliphatic carbocycles. The Morgan fingerprint density at radius 3 is 3.00 bits per heavy atom. The second-order valence-corrected chi connectivity index (χ2v) is 4.47. The predicted octanol–water partition coefficient (Wildman–Crippen LogP) is -0.302. The van der Waals surface area contributed by atoms with Gasteiger partial charge in [0.15, 0.2) is 5.69 Å². The molecule has 1 aliphatic heterocycles. The Morgan fingerprint density at radius 1 is 1.65 bits per heavy atom. The van der Waals surface area contributed by atoms with Gasteiger partial charge in [-0.3, -0.25) is 4.79 Å². The van der Waals surface area contributed by atoms with Crippen LogP contribution < -0.4 is 5.73 Å². The molecule has 1 fully saturated rings. The van der Waals surface area contributed by atoms with Crippen LogP contribution in [0, 0.1) is 6.92 Å². The first-order chi connectivity index (χ1) is 8.11. The molecular weight excluding hydrogens is 220 g/mol. The van der Waals surface area contributed by atoms with Gasteiger partial charge in [-0.25, -0.2) is 0 Å². The van der Waals surface area contributed by atoms with Crippen LogP contribution in [-0.4, -0.2) is 60.1 Å². The maximum absolute atomic E-state index is 12.2. The van der Waals surface area contributed by atoms with Crippen molar-refractivity contribution < 1.29 is 9.32 Å². The first kappa shape index (κ1) is 12.1. The van der Waals surface area contributed by atoms with Crippen molar-refractivity contribution in [2.75, 3.05) is 33.2 Å². The van der Waals surface area contributed by atoms with Gasteiger partial charge in [-0.2, -0.15) is 0 Å². The van der Waals surface area contributed by atoms with Gasteiger partial charge in [-0.05, 0) is 14.0 Å². The Bertz CT molecular complexity index is 404. The monoisotopic (exact) mass is 238 g/mol.